The molecule has 0 bridgehead atoms. The van der Waals surface area contributed by atoms with Crippen molar-refractivity contribution in [1.29, 1.82) is 0 Å². The van der Waals surface area contributed by atoms with Gasteiger partial charge < -0.3 is 4.74 Å². The van der Waals surface area contributed by atoms with E-state index in [0.717, 1.165) is 0 Å². The number of anilines is 2. The number of thiazole rings is 1. The molecule has 8 heteroatoms. The van der Waals surface area contributed by atoms with Crippen LogP contribution in [0.1, 0.15) is 12.6 Å². The smallest absolute Gasteiger partial charge is 0.326 e. The molecule has 0 aliphatic heterocycles. The maximum atomic E-state index is 11.7. The third-order valence-corrected chi connectivity index (χ3v) is 3.12. The minimum Gasteiger partial charge on any atom is -0.466 e. The SMILES string of the molecule is CCOC(=O)Cc1csc(NC(=O)Nc2ccccn2)n1. The summed E-state index contributed by atoms with van der Waals surface area (Å²) >= 11 is 1.24. The molecule has 0 aromatic carbocycles. The van der Waals surface area contributed by atoms with E-state index in [4.69, 9.17) is 4.74 Å². The molecule has 0 spiro atoms. The fourth-order valence-electron chi connectivity index (χ4n) is 1.49. The van der Waals surface area contributed by atoms with Gasteiger partial charge in [-0.05, 0) is 19.1 Å². The van der Waals surface area contributed by atoms with Crippen molar-refractivity contribution in [3.8, 4) is 0 Å². The van der Waals surface area contributed by atoms with Gasteiger partial charge in [-0.3, -0.25) is 15.4 Å². The maximum absolute atomic E-state index is 11.7. The van der Waals surface area contributed by atoms with E-state index >= 15 is 0 Å². The van der Waals surface area contributed by atoms with Gasteiger partial charge in [-0.15, -0.1) is 11.3 Å². The monoisotopic (exact) mass is 306 g/mol. The van der Waals surface area contributed by atoms with Gasteiger partial charge >= 0.3 is 12.0 Å². The minimum absolute atomic E-state index is 0.0912. The van der Waals surface area contributed by atoms with Crippen molar-refractivity contribution in [1.82, 2.24) is 9.97 Å². The van der Waals surface area contributed by atoms with E-state index in [0.29, 0.717) is 23.3 Å². The number of esters is 1. The van der Waals surface area contributed by atoms with Crippen LogP contribution < -0.4 is 10.6 Å². The summed E-state index contributed by atoms with van der Waals surface area (Å²) in [5.41, 5.74) is 0.562. The molecule has 2 N–H and O–H groups in total. The van der Waals surface area contributed by atoms with E-state index in [1.165, 1.54) is 11.3 Å². The van der Waals surface area contributed by atoms with Crippen molar-refractivity contribution in [2.24, 2.45) is 0 Å². The van der Waals surface area contributed by atoms with Gasteiger partial charge in [0.15, 0.2) is 5.13 Å². The molecule has 0 aliphatic rings. The molecule has 0 aliphatic carbocycles. The average molecular weight is 306 g/mol. The van der Waals surface area contributed by atoms with Crippen molar-refractivity contribution in [3.05, 3.63) is 35.5 Å². The Balaban J connectivity index is 1.87. The number of nitrogens with zero attached hydrogens (tertiary/aromatic N) is 2. The van der Waals surface area contributed by atoms with Crippen molar-refractivity contribution in [2.45, 2.75) is 13.3 Å². The molecule has 110 valence electrons. The summed E-state index contributed by atoms with van der Waals surface area (Å²) in [6.45, 7) is 2.08. The molecule has 2 aromatic heterocycles. The zero-order valence-electron chi connectivity index (χ0n) is 11.3. The van der Waals surface area contributed by atoms with Crippen LogP contribution in [0, 0.1) is 0 Å². The van der Waals surface area contributed by atoms with Gasteiger partial charge in [0.25, 0.3) is 0 Å². The number of carbonyl (C=O) groups is 2. The van der Waals surface area contributed by atoms with Crippen LogP contribution in [0.4, 0.5) is 15.7 Å². The summed E-state index contributed by atoms with van der Waals surface area (Å²) in [5, 5.41) is 7.26. The van der Waals surface area contributed by atoms with E-state index < -0.39 is 6.03 Å². The minimum atomic E-state index is -0.439. The Morgan fingerprint density at radius 3 is 2.90 bits per heavy atom. The first-order valence-corrected chi connectivity index (χ1v) is 7.14. The van der Waals surface area contributed by atoms with E-state index in [1.54, 1.807) is 36.7 Å². The third kappa shape index (κ3) is 4.84. The van der Waals surface area contributed by atoms with Crippen LogP contribution >= 0.6 is 11.3 Å². The van der Waals surface area contributed by atoms with Gasteiger partial charge in [0.05, 0.1) is 18.7 Å². The molecule has 0 fully saturated rings. The Morgan fingerprint density at radius 1 is 1.33 bits per heavy atom. The number of amides is 2. The van der Waals surface area contributed by atoms with Crippen LogP contribution in [0.2, 0.25) is 0 Å². The van der Waals surface area contributed by atoms with Gasteiger partial charge in [-0.1, -0.05) is 6.07 Å². The molecule has 2 rings (SSSR count). The number of hydrogen-bond acceptors (Lipinski definition) is 6. The van der Waals surface area contributed by atoms with Crippen molar-refractivity contribution in [3.63, 3.8) is 0 Å². The van der Waals surface area contributed by atoms with Crippen molar-refractivity contribution >= 4 is 34.3 Å². The predicted octanol–water partition coefficient (Wildman–Crippen LogP) is 2.29. The van der Waals surface area contributed by atoms with Crippen LogP contribution in [-0.4, -0.2) is 28.6 Å². The van der Waals surface area contributed by atoms with Gasteiger partial charge in [-0.25, -0.2) is 14.8 Å². The number of carbonyl (C=O) groups excluding carboxylic acids is 2. The number of nitrogens with one attached hydrogen (secondary N) is 2. The maximum Gasteiger partial charge on any atom is 0.326 e. The second-order valence-electron chi connectivity index (χ2n) is 3.92. The summed E-state index contributed by atoms with van der Waals surface area (Å²) in [6.07, 6.45) is 1.67. The lowest BCUT2D eigenvalue weighted by Gasteiger charge is -2.03. The normalized spacial score (nSPS) is 9.95. The lowest BCUT2D eigenvalue weighted by molar-refractivity contribution is -0.142. The van der Waals surface area contributed by atoms with Gasteiger partial charge in [0.2, 0.25) is 0 Å². The predicted molar refractivity (Wildman–Crippen MR) is 79.3 cm³/mol. The van der Waals surface area contributed by atoms with Crippen LogP contribution in [0.3, 0.4) is 0 Å². The van der Waals surface area contributed by atoms with E-state index in [9.17, 15) is 9.59 Å². The lowest BCUT2D eigenvalue weighted by Crippen LogP contribution is -2.20. The van der Waals surface area contributed by atoms with Crippen molar-refractivity contribution < 1.29 is 14.3 Å². The zero-order valence-corrected chi connectivity index (χ0v) is 12.1. The van der Waals surface area contributed by atoms with E-state index in [2.05, 4.69) is 20.6 Å². The number of rotatable bonds is 5. The number of urea groups is 1. The molecule has 2 aromatic rings. The molecule has 21 heavy (non-hydrogen) atoms. The fraction of sp³-hybridized carbons (Fsp3) is 0.231. The highest BCUT2D eigenvalue weighted by Gasteiger charge is 2.10. The Kier molecular flexibility index (Phi) is 5.22. The Labute approximate surface area is 125 Å². The summed E-state index contributed by atoms with van der Waals surface area (Å²) < 4.78 is 4.83. The number of ether oxygens (including phenoxy) is 1. The Hall–Kier alpha value is -2.48. The molecule has 0 radical (unpaired) electrons. The molecule has 0 atom stereocenters. The number of hydrogen-bond donors (Lipinski definition) is 2. The largest absolute Gasteiger partial charge is 0.466 e. The summed E-state index contributed by atoms with van der Waals surface area (Å²) in [5.74, 6) is 0.102. The third-order valence-electron chi connectivity index (χ3n) is 2.31. The number of pyridine rings is 1. The van der Waals surface area contributed by atoms with Crippen LogP contribution in [0.15, 0.2) is 29.8 Å². The topological polar surface area (TPSA) is 93.2 Å². The molecule has 0 saturated carbocycles. The molecule has 2 amide bonds. The van der Waals surface area contributed by atoms with Crippen LogP contribution in [0.25, 0.3) is 0 Å². The summed E-state index contributed by atoms with van der Waals surface area (Å²) in [6, 6.07) is 4.76. The molecular weight excluding hydrogens is 292 g/mol. The molecule has 0 saturated heterocycles. The lowest BCUT2D eigenvalue weighted by atomic mass is 10.3. The quantitative estimate of drug-likeness (QED) is 0.827. The second-order valence-corrected chi connectivity index (χ2v) is 4.78. The van der Waals surface area contributed by atoms with E-state index in [1.807, 2.05) is 0 Å². The highest BCUT2D eigenvalue weighted by molar-refractivity contribution is 7.13. The van der Waals surface area contributed by atoms with E-state index in [-0.39, 0.29) is 12.4 Å². The highest BCUT2D eigenvalue weighted by atomic mass is 32.1. The highest BCUT2D eigenvalue weighted by Crippen LogP contribution is 2.16. The molecule has 2 heterocycles. The zero-order chi connectivity index (χ0) is 15.1. The standard InChI is InChI=1S/C13H14N4O3S/c1-2-20-11(18)7-9-8-21-13(15-9)17-12(19)16-10-5-3-4-6-14-10/h3-6,8H,2,7H2,1H3,(H2,14,15,16,17,19). The first kappa shape index (κ1) is 14.9. The van der Waals surface area contributed by atoms with Gasteiger partial charge in [0, 0.05) is 11.6 Å². The van der Waals surface area contributed by atoms with Crippen LogP contribution in [0.5, 0.6) is 0 Å². The fourth-order valence-corrected chi connectivity index (χ4v) is 2.19. The Morgan fingerprint density at radius 2 is 2.19 bits per heavy atom. The van der Waals surface area contributed by atoms with Gasteiger partial charge in [0.1, 0.15) is 5.82 Å². The molecule has 0 unspecified atom stereocenters. The second kappa shape index (κ2) is 7.34. The number of aromatic nitrogens is 2. The summed E-state index contributed by atoms with van der Waals surface area (Å²) in [7, 11) is 0. The Bertz CT molecular complexity index is 615. The summed E-state index contributed by atoms with van der Waals surface area (Å²) in [4.78, 5) is 31.2. The molecular formula is C13H14N4O3S. The van der Waals surface area contributed by atoms with Crippen LogP contribution in [-0.2, 0) is 16.0 Å². The first-order chi connectivity index (χ1) is 10.2. The van der Waals surface area contributed by atoms with Gasteiger partial charge in [-0.2, -0.15) is 0 Å². The molecule has 7 nitrogen and oxygen atoms in total. The van der Waals surface area contributed by atoms with Crippen molar-refractivity contribution in [2.75, 3.05) is 17.2 Å². The first-order valence-electron chi connectivity index (χ1n) is 6.26. The average Bonchev–Trinajstić information content (AvgIpc) is 2.87.